The van der Waals surface area contributed by atoms with E-state index in [0.717, 1.165) is 47.0 Å². The van der Waals surface area contributed by atoms with Crippen LogP contribution in [0.5, 0.6) is 0 Å². The molecule has 1 aliphatic rings. The first kappa shape index (κ1) is 18.0. The van der Waals surface area contributed by atoms with Crippen LogP contribution in [0.3, 0.4) is 0 Å². The molecule has 5 nitrogen and oxygen atoms in total. The predicted octanol–water partition coefficient (Wildman–Crippen LogP) is 2.99. The zero-order valence-electron chi connectivity index (χ0n) is 14.9. The number of carbonyl (C=O) groups is 1. The fourth-order valence-corrected chi connectivity index (χ4v) is 3.53. The van der Waals surface area contributed by atoms with Crippen molar-refractivity contribution in [3.05, 3.63) is 87.2 Å². The van der Waals surface area contributed by atoms with Crippen molar-refractivity contribution in [2.45, 2.75) is 25.7 Å². The van der Waals surface area contributed by atoms with Crippen LogP contribution in [0.4, 0.5) is 8.78 Å². The first-order chi connectivity index (χ1) is 13.5. The lowest BCUT2D eigenvalue weighted by Crippen LogP contribution is -2.38. The van der Waals surface area contributed by atoms with E-state index in [2.05, 4.69) is 10.5 Å². The van der Waals surface area contributed by atoms with Gasteiger partial charge < -0.3 is 0 Å². The summed E-state index contributed by atoms with van der Waals surface area (Å²) in [4.78, 5) is 26.0. The molecule has 1 heterocycles. The molecule has 0 spiro atoms. The molecule has 0 saturated heterocycles. The molecule has 2 aromatic carbocycles. The fraction of sp³-hybridized carbons (Fsp3) is 0.190. The van der Waals surface area contributed by atoms with Gasteiger partial charge in [-0.3, -0.25) is 9.59 Å². The molecular weight excluding hydrogens is 364 g/mol. The van der Waals surface area contributed by atoms with Gasteiger partial charge in [-0.25, -0.2) is 14.2 Å². The molecule has 0 atom stereocenters. The standard InChI is InChI=1S/C21H17F2N3O2/c22-15-9-13(10-16(23)12-15)11-19(27)24-26-21(28)18-8-4-7-17(18)20(25-26)14-5-2-1-3-6-14/h1-3,5-6,9-10,12H,4,7-8,11H2,(H,24,27). The molecule has 1 aromatic heterocycles. The highest BCUT2D eigenvalue weighted by atomic mass is 19.1. The van der Waals surface area contributed by atoms with E-state index in [0.29, 0.717) is 17.7 Å². The van der Waals surface area contributed by atoms with Crippen LogP contribution in [0, 0.1) is 11.6 Å². The van der Waals surface area contributed by atoms with E-state index >= 15 is 0 Å². The number of hydrogen-bond acceptors (Lipinski definition) is 3. The Labute approximate surface area is 159 Å². The van der Waals surface area contributed by atoms with Gasteiger partial charge in [0.05, 0.1) is 12.1 Å². The molecule has 142 valence electrons. The normalized spacial score (nSPS) is 12.6. The van der Waals surface area contributed by atoms with Gasteiger partial charge in [-0.05, 0) is 42.5 Å². The van der Waals surface area contributed by atoms with Crippen molar-refractivity contribution < 1.29 is 13.6 Å². The van der Waals surface area contributed by atoms with Gasteiger partial charge in [0.25, 0.3) is 5.56 Å². The Morgan fingerprint density at radius 1 is 1.04 bits per heavy atom. The van der Waals surface area contributed by atoms with Gasteiger partial charge in [-0.15, -0.1) is 9.89 Å². The number of amides is 1. The van der Waals surface area contributed by atoms with Gasteiger partial charge in [0.1, 0.15) is 11.6 Å². The van der Waals surface area contributed by atoms with Gasteiger partial charge in [0.2, 0.25) is 5.91 Å². The van der Waals surface area contributed by atoms with Crippen LogP contribution < -0.4 is 11.0 Å². The van der Waals surface area contributed by atoms with E-state index in [-0.39, 0.29) is 17.5 Å². The van der Waals surface area contributed by atoms with Gasteiger partial charge in [0.15, 0.2) is 0 Å². The van der Waals surface area contributed by atoms with Gasteiger partial charge in [-0.2, -0.15) is 0 Å². The average molecular weight is 381 g/mol. The highest BCUT2D eigenvalue weighted by Crippen LogP contribution is 2.28. The second kappa shape index (κ2) is 7.34. The first-order valence-corrected chi connectivity index (χ1v) is 8.96. The molecule has 0 radical (unpaired) electrons. The Hall–Kier alpha value is -3.35. The third-order valence-electron chi connectivity index (χ3n) is 4.72. The highest BCUT2D eigenvalue weighted by molar-refractivity contribution is 5.85. The SMILES string of the molecule is O=C(Cc1cc(F)cc(F)c1)Nn1nc(-c2ccccc2)c2c(c1=O)CCC2. The van der Waals surface area contributed by atoms with Crippen LogP contribution in [-0.2, 0) is 24.1 Å². The van der Waals surface area contributed by atoms with Crippen LogP contribution >= 0.6 is 0 Å². The number of benzene rings is 2. The molecule has 1 aliphatic carbocycles. The maximum absolute atomic E-state index is 13.3. The second-order valence-corrected chi connectivity index (χ2v) is 6.73. The van der Waals surface area contributed by atoms with Crippen molar-refractivity contribution in [1.29, 1.82) is 0 Å². The van der Waals surface area contributed by atoms with Gasteiger partial charge in [0, 0.05) is 17.2 Å². The van der Waals surface area contributed by atoms with Crippen molar-refractivity contribution >= 4 is 5.91 Å². The molecular formula is C21H17F2N3O2. The van der Waals surface area contributed by atoms with Gasteiger partial charge in [-0.1, -0.05) is 30.3 Å². The molecule has 1 N–H and O–H groups in total. The Kier molecular flexibility index (Phi) is 4.73. The maximum atomic E-state index is 13.3. The molecule has 4 rings (SSSR count). The number of nitrogens with zero attached hydrogens (tertiary/aromatic N) is 2. The van der Waals surface area contributed by atoms with Crippen molar-refractivity contribution in [3.8, 4) is 11.3 Å². The van der Waals surface area contributed by atoms with E-state index in [1.54, 1.807) is 0 Å². The summed E-state index contributed by atoms with van der Waals surface area (Å²) in [6.45, 7) is 0. The molecule has 1 amide bonds. The minimum atomic E-state index is -0.762. The van der Waals surface area contributed by atoms with Crippen LogP contribution in [0.1, 0.15) is 23.1 Å². The molecule has 0 fully saturated rings. The number of nitrogens with one attached hydrogen (secondary N) is 1. The molecule has 7 heteroatoms. The number of hydrogen-bond donors (Lipinski definition) is 1. The smallest absolute Gasteiger partial charge is 0.273 e. The summed E-state index contributed by atoms with van der Waals surface area (Å²) in [5.41, 5.74) is 5.32. The summed E-state index contributed by atoms with van der Waals surface area (Å²) in [7, 11) is 0. The number of fused-ring (bicyclic) bond motifs is 1. The summed E-state index contributed by atoms with van der Waals surface area (Å²) in [6, 6.07) is 12.3. The lowest BCUT2D eigenvalue weighted by molar-refractivity contribution is -0.116. The molecule has 0 aliphatic heterocycles. The molecule has 3 aromatic rings. The maximum Gasteiger partial charge on any atom is 0.289 e. The third kappa shape index (κ3) is 3.55. The summed E-state index contributed by atoms with van der Waals surface area (Å²) in [5.74, 6) is -2.11. The summed E-state index contributed by atoms with van der Waals surface area (Å²) < 4.78 is 26.6. The topological polar surface area (TPSA) is 64.0 Å². The van der Waals surface area contributed by atoms with Crippen molar-refractivity contribution in [1.82, 2.24) is 9.89 Å². The van der Waals surface area contributed by atoms with Crippen molar-refractivity contribution in [2.75, 3.05) is 5.43 Å². The molecule has 0 bridgehead atoms. The monoisotopic (exact) mass is 381 g/mol. The number of carbonyl (C=O) groups excluding carboxylic acids is 1. The number of halogens is 2. The predicted molar refractivity (Wildman–Crippen MR) is 100 cm³/mol. The summed E-state index contributed by atoms with van der Waals surface area (Å²) >= 11 is 0. The van der Waals surface area contributed by atoms with Crippen molar-refractivity contribution in [2.24, 2.45) is 0 Å². The molecule has 28 heavy (non-hydrogen) atoms. The number of aromatic nitrogens is 2. The largest absolute Gasteiger partial charge is 0.289 e. The van der Waals surface area contributed by atoms with E-state index in [1.165, 1.54) is 0 Å². The lowest BCUT2D eigenvalue weighted by Gasteiger charge is -2.13. The highest BCUT2D eigenvalue weighted by Gasteiger charge is 2.23. The minimum Gasteiger partial charge on any atom is -0.273 e. The summed E-state index contributed by atoms with van der Waals surface area (Å²) in [5, 5.41) is 4.35. The van der Waals surface area contributed by atoms with E-state index in [9.17, 15) is 18.4 Å². The van der Waals surface area contributed by atoms with E-state index in [4.69, 9.17) is 0 Å². The Balaban J connectivity index is 1.66. The molecule has 0 unspecified atom stereocenters. The Bertz CT molecular complexity index is 1090. The average Bonchev–Trinajstić information content (AvgIpc) is 3.14. The van der Waals surface area contributed by atoms with E-state index in [1.807, 2.05) is 30.3 Å². The third-order valence-corrected chi connectivity index (χ3v) is 4.72. The van der Waals surface area contributed by atoms with Gasteiger partial charge >= 0.3 is 0 Å². The second-order valence-electron chi connectivity index (χ2n) is 6.73. The molecule has 0 saturated carbocycles. The fourth-order valence-electron chi connectivity index (χ4n) is 3.53. The zero-order chi connectivity index (χ0) is 19.7. The zero-order valence-corrected chi connectivity index (χ0v) is 14.9. The first-order valence-electron chi connectivity index (χ1n) is 8.96. The summed E-state index contributed by atoms with van der Waals surface area (Å²) in [6.07, 6.45) is 1.97. The quantitative estimate of drug-likeness (QED) is 0.756. The Morgan fingerprint density at radius 2 is 1.71 bits per heavy atom. The van der Waals surface area contributed by atoms with Crippen LogP contribution in [0.15, 0.2) is 53.3 Å². The minimum absolute atomic E-state index is 0.174. The van der Waals surface area contributed by atoms with Crippen molar-refractivity contribution in [3.63, 3.8) is 0 Å². The van der Waals surface area contributed by atoms with Crippen LogP contribution in [0.2, 0.25) is 0 Å². The Morgan fingerprint density at radius 3 is 2.43 bits per heavy atom. The van der Waals surface area contributed by atoms with Crippen LogP contribution in [0.25, 0.3) is 11.3 Å². The number of rotatable bonds is 4. The van der Waals surface area contributed by atoms with Crippen LogP contribution in [-0.4, -0.2) is 15.8 Å². The van der Waals surface area contributed by atoms with E-state index < -0.39 is 17.5 Å². The lowest BCUT2D eigenvalue weighted by atomic mass is 10.0.